The standard InChI is InChI=1S/C40H50F4N8O4/c1-35(2,3)29(51-33(53)37(7)13-15-39(41,42)21-55-37)31-47-18-26(49-31)24-11-9-23(10-12-24)25-17-46-27(19-45-25)28-20-48-32(50-28)30(36(4,5)6)52-34(54)38(8)14-16-40(43,44)22-56-38/h9-12,17-20,29-30H,13-16,21-22H2,1-8H3,(H,47,49)(H,48,50)(H,51,53)(H,52,54)/t29?,30?,37-,38-/m1/s1. The molecule has 2 aliphatic heterocycles. The second-order valence-electron chi connectivity index (χ2n) is 17.5. The average molecular weight is 783 g/mol. The van der Waals surface area contributed by atoms with Crippen molar-refractivity contribution in [1.82, 2.24) is 40.5 Å². The fraction of sp³-hybridized carbons (Fsp3) is 0.550. The summed E-state index contributed by atoms with van der Waals surface area (Å²) in [5, 5.41) is 5.96. The van der Waals surface area contributed by atoms with Crippen molar-refractivity contribution >= 4 is 11.8 Å². The van der Waals surface area contributed by atoms with Gasteiger partial charge in [0.15, 0.2) is 0 Å². The van der Waals surface area contributed by atoms with Crippen LogP contribution in [0, 0.1) is 10.8 Å². The molecule has 2 saturated heterocycles. The van der Waals surface area contributed by atoms with Crippen molar-refractivity contribution in [3.05, 3.63) is 60.7 Å². The number of nitrogens with one attached hydrogen (secondary N) is 4. The number of carbonyl (C=O) groups excluding carboxylic acids is 2. The van der Waals surface area contributed by atoms with Crippen LogP contribution in [0.4, 0.5) is 17.6 Å². The molecule has 0 bridgehead atoms. The number of ether oxygens (including phenoxy) is 2. The Hall–Kier alpha value is -4.70. The minimum absolute atomic E-state index is 0.0965. The average Bonchev–Trinajstić information content (AvgIpc) is 3.82. The Morgan fingerprint density at radius 3 is 1.43 bits per heavy atom. The van der Waals surface area contributed by atoms with E-state index in [0.29, 0.717) is 34.4 Å². The second kappa shape index (κ2) is 14.7. The number of hydrogen-bond donors (Lipinski definition) is 4. The van der Waals surface area contributed by atoms with Crippen molar-refractivity contribution in [3.63, 3.8) is 0 Å². The number of nitrogens with zero attached hydrogens (tertiary/aromatic N) is 4. The van der Waals surface area contributed by atoms with E-state index in [1.807, 2.05) is 65.8 Å². The zero-order valence-electron chi connectivity index (χ0n) is 32.9. The molecule has 6 rings (SSSR count). The summed E-state index contributed by atoms with van der Waals surface area (Å²) >= 11 is 0. The van der Waals surface area contributed by atoms with E-state index >= 15 is 0 Å². The van der Waals surface area contributed by atoms with Gasteiger partial charge < -0.3 is 30.1 Å². The number of alkyl halides is 4. The van der Waals surface area contributed by atoms with E-state index in [4.69, 9.17) is 19.4 Å². The highest BCUT2D eigenvalue weighted by atomic mass is 19.3. The molecule has 2 aliphatic rings. The summed E-state index contributed by atoms with van der Waals surface area (Å²) in [5.74, 6) is -5.85. The first-order valence-electron chi connectivity index (χ1n) is 18.7. The van der Waals surface area contributed by atoms with Gasteiger partial charge in [-0.05, 0) is 37.5 Å². The lowest BCUT2D eigenvalue weighted by atomic mass is 9.85. The molecule has 302 valence electrons. The molecule has 2 unspecified atom stereocenters. The van der Waals surface area contributed by atoms with Crippen LogP contribution < -0.4 is 10.6 Å². The quantitative estimate of drug-likeness (QED) is 0.126. The predicted octanol–water partition coefficient (Wildman–Crippen LogP) is 7.74. The third-order valence-corrected chi connectivity index (χ3v) is 10.5. The second-order valence-corrected chi connectivity index (χ2v) is 17.5. The number of aromatic amines is 2. The number of imidazole rings is 2. The van der Waals surface area contributed by atoms with Gasteiger partial charge in [-0.15, -0.1) is 0 Å². The number of carbonyl (C=O) groups is 2. The van der Waals surface area contributed by atoms with E-state index in [1.54, 1.807) is 24.8 Å². The Kier molecular flexibility index (Phi) is 10.7. The minimum Gasteiger partial charge on any atom is -0.359 e. The first kappa shape index (κ1) is 40.9. The van der Waals surface area contributed by atoms with E-state index in [0.717, 1.165) is 11.1 Å². The number of H-pyrrole nitrogens is 2. The Labute approximate surface area is 323 Å². The summed E-state index contributed by atoms with van der Waals surface area (Å²) in [6.07, 6.45) is 5.62. The lowest BCUT2D eigenvalue weighted by molar-refractivity contribution is -0.190. The van der Waals surface area contributed by atoms with Crippen LogP contribution in [0.2, 0.25) is 0 Å². The van der Waals surface area contributed by atoms with Crippen molar-refractivity contribution in [2.45, 2.75) is 116 Å². The Balaban J connectivity index is 1.12. The molecule has 2 fully saturated rings. The van der Waals surface area contributed by atoms with Gasteiger partial charge in [0.25, 0.3) is 23.7 Å². The molecule has 5 heterocycles. The highest BCUT2D eigenvalue weighted by Crippen LogP contribution is 2.39. The zero-order valence-corrected chi connectivity index (χ0v) is 32.9. The molecule has 0 saturated carbocycles. The Morgan fingerprint density at radius 1 is 0.643 bits per heavy atom. The van der Waals surface area contributed by atoms with Crippen molar-refractivity contribution in [2.24, 2.45) is 10.8 Å². The summed E-state index contributed by atoms with van der Waals surface area (Å²) < 4.78 is 65.6. The van der Waals surface area contributed by atoms with E-state index in [2.05, 4.69) is 30.6 Å². The van der Waals surface area contributed by atoms with E-state index in [9.17, 15) is 27.2 Å². The highest BCUT2D eigenvalue weighted by molar-refractivity contribution is 5.86. The van der Waals surface area contributed by atoms with Crippen molar-refractivity contribution in [2.75, 3.05) is 13.2 Å². The fourth-order valence-electron chi connectivity index (χ4n) is 6.65. The van der Waals surface area contributed by atoms with Crippen molar-refractivity contribution in [3.8, 4) is 33.9 Å². The number of aromatic nitrogens is 6. The van der Waals surface area contributed by atoms with Gasteiger partial charge in [-0.3, -0.25) is 19.6 Å². The van der Waals surface area contributed by atoms with Gasteiger partial charge in [0.1, 0.15) is 47.5 Å². The SMILES string of the molecule is CC(C)(C)C(NC(=O)[C@@]1(C)CCC(F)(F)CO1)c1nc(-c2ccc(-c3cnc(-c4c[nH]c(C(NC(=O)[C@@]5(C)CCC(F)(F)CO5)C(C)(C)C)n4)cn3)cc2)c[nH]1. The number of halogens is 4. The first-order chi connectivity index (χ1) is 26.0. The first-order valence-corrected chi connectivity index (χ1v) is 18.7. The topological polar surface area (TPSA) is 160 Å². The van der Waals surface area contributed by atoms with Gasteiger partial charge in [0.2, 0.25) is 0 Å². The molecule has 0 spiro atoms. The minimum atomic E-state index is -2.95. The highest BCUT2D eigenvalue weighted by Gasteiger charge is 2.48. The molecule has 1 aromatic carbocycles. The third kappa shape index (κ3) is 8.96. The Bertz CT molecular complexity index is 1870. The molecule has 3 aromatic heterocycles. The summed E-state index contributed by atoms with van der Waals surface area (Å²) in [5.41, 5.74) is 0.201. The van der Waals surface area contributed by atoms with Crippen molar-refractivity contribution < 1.29 is 36.6 Å². The normalized spacial score (nSPS) is 23.6. The number of amides is 2. The van der Waals surface area contributed by atoms with Crippen LogP contribution >= 0.6 is 0 Å². The summed E-state index contributed by atoms with van der Waals surface area (Å²) in [6.45, 7) is 13.1. The third-order valence-electron chi connectivity index (χ3n) is 10.5. The molecule has 4 N–H and O–H groups in total. The van der Waals surface area contributed by atoms with Crippen LogP contribution in [0.5, 0.6) is 0 Å². The molecule has 12 nitrogen and oxygen atoms in total. The summed E-state index contributed by atoms with van der Waals surface area (Å²) in [4.78, 5) is 51.7. The van der Waals surface area contributed by atoms with Crippen LogP contribution in [-0.4, -0.2) is 78.0 Å². The molecule has 16 heteroatoms. The predicted molar refractivity (Wildman–Crippen MR) is 200 cm³/mol. The smallest absolute Gasteiger partial charge is 0.271 e. The maximum atomic E-state index is 13.7. The largest absolute Gasteiger partial charge is 0.359 e. The van der Waals surface area contributed by atoms with Crippen molar-refractivity contribution in [1.29, 1.82) is 0 Å². The molecule has 0 radical (unpaired) electrons. The molecular formula is C40H50F4N8O4. The zero-order chi connectivity index (χ0) is 40.9. The van der Waals surface area contributed by atoms with Gasteiger partial charge in [0.05, 0.1) is 35.9 Å². The van der Waals surface area contributed by atoms with Gasteiger partial charge in [-0.2, -0.15) is 0 Å². The molecular weight excluding hydrogens is 732 g/mol. The maximum Gasteiger partial charge on any atom is 0.271 e. The number of benzene rings is 1. The van der Waals surface area contributed by atoms with E-state index < -0.39 is 83.8 Å². The number of hydrogen-bond acceptors (Lipinski definition) is 8. The van der Waals surface area contributed by atoms with Gasteiger partial charge in [-0.25, -0.2) is 27.5 Å². The van der Waals surface area contributed by atoms with E-state index in [-0.39, 0.29) is 12.8 Å². The van der Waals surface area contributed by atoms with Gasteiger partial charge in [0, 0.05) is 36.4 Å². The maximum absolute atomic E-state index is 13.7. The van der Waals surface area contributed by atoms with Crippen LogP contribution in [0.15, 0.2) is 49.1 Å². The van der Waals surface area contributed by atoms with Gasteiger partial charge in [-0.1, -0.05) is 65.8 Å². The summed E-state index contributed by atoms with van der Waals surface area (Å²) in [6, 6.07) is 6.46. The molecule has 56 heavy (non-hydrogen) atoms. The fourth-order valence-corrected chi connectivity index (χ4v) is 6.65. The van der Waals surface area contributed by atoms with E-state index in [1.165, 1.54) is 13.8 Å². The van der Waals surface area contributed by atoms with Crippen LogP contribution in [0.25, 0.3) is 33.9 Å². The molecule has 0 aliphatic carbocycles. The molecule has 2 amide bonds. The van der Waals surface area contributed by atoms with Crippen LogP contribution in [-0.2, 0) is 19.1 Å². The monoisotopic (exact) mass is 782 g/mol. The Morgan fingerprint density at radius 2 is 1.04 bits per heavy atom. The lowest BCUT2D eigenvalue weighted by Crippen LogP contribution is -2.54. The number of rotatable bonds is 9. The van der Waals surface area contributed by atoms with Gasteiger partial charge >= 0.3 is 0 Å². The lowest BCUT2D eigenvalue weighted by Gasteiger charge is -2.38. The summed E-state index contributed by atoms with van der Waals surface area (Å²) in [7, 11) is 0. The molecule has 4 aromatic rings. The van der Waals surface area contributed by atoms with Crippen LogP contribution in [0.1, 0.15) is 105 Å². The van der Waals surface area contributed by atoms with Crippen LogP contribution in [0.3, 0.4) is 0 Å². The molecule has 4 atom stereocenters.